The Hall–Kier alpha value is -2.62. The van der Waals surface area contributed by atoms with Crippen LogP contribution in [-0.4, -0.2) is 24.3 Å². The van der Waals surface area contributed by atoms with Crippen molar-refractivity contribution in [3.05, 3.63) is 64.7 Å². The van der Waals surface area contributed by atoms with E-state index in [4.69, 9.17) is 4.74 Å². The number of benzene rings is 2. The number of aryl methyl sites for hydroxylation is 2. The molecular weight excluding hydrogens is 326 g/mol. The fourth-order valence-corrected chi connectivity index (χ4v) is 3.30. The molecule has 26 heavy (non-hydrogen) atoms. The highest BCUT2D eigenvalue weighted by molar-refractivity contribution is 5.98. The van der Waals surface area contributed by atoms with E-state index in [0.717, 1.165) is 24.0 Å². The molecule has 136 valence electrons. The fourth-order valence-electron chi connectivity index (χ4n) is 3.30. The number of hydrogen-bond acceptors (Lipinski definition) is 3. The lowest BCUT2D eigenvalue weighted by molar-refractivity contribution is 0.0915. The molecule has 1 N–H and O–H groups in total. The largest absolute Gasteiger partial charge is 0.485 e. The Morgan fingerprint density at radius 1 is 1.04 bits per heavy atom. The summed E-state index contributed by atoms with van der Waals surface area (Å²) >= 11 is 0. The van der Waals surface area contributed by atoms with Crippen LogP contribution in [0.15, 0.2) is 42.5 Å². The second-order valence-corrected chi connectivity index (χ2v) is 7.01. The van der Waals surface area contributed by atoms with Gasteiger partial charge in [0.1, 0.15) is 5.75 Å². The van der Waals surface area contributed by atoms with E-state index in [9.17, 15) is 9.59 Å². The second-order valence-electron chi connectivity index (χ2n) is 7.01. The van der Waals surface area contributed by atoms with E-state index in [2.05, 4.69) is 5.32 Å². The molecule has 0 unspecified atom stereocenters. The minimum atomic E-state index is -0.0470. The highest BCUT2D eigenvalue weighted by Gasteiger charge is 2.18. The van der Waals surface area contributed by atoms with Crippen LogP contribution in [0, 0.1) is 13.8 Å². The number of Topliss-reactive ketones (excluding diaryl/α,β-unsaturated/α-hetero) is 1. The Bertz CT molecular complexity index is 790. The van der Waals surface area contributed by atoms with E-state index in [-0.39, 0.29) is 18.3 Å². The average Bonchev–Trinajstić information content (AvgIpc) is 3.15. The normalized spacial score (nSPS) is 14.2. The van der Waals surface area contributed by atoms with Crippen LogP contribution in [-0.2, 0) is 0 Å². The average molecular weight is 351 g/mol. The van der Waals surface area contributed by atoms with Gasteiger partial charge >= 0.3 is 0 Å². The van der Waals surface area contributed by atoms with E-state index in [0.29, 0.717) is 22.9 Å². The lowest BCUT2D eigenvalue weighted by atomic mass is 10.0. The van der Waals surface area contributed by atoms with Crippen molar-refractivity contribution in [2.75, 3.05) is 6.61 Å². The monoisotopic (exact) mass is 351 g/mol. The first kappa shape index (κ1) is 18.2. The number of carbonyl (C=O) groups is 2. The molecule has 1 saturated carbocycles. The van der Waals surface area contributed by atoms with Gasteiger partial charge in [-0.05, 0) is 62.6 Å². The van der Waals surface area contributed by atoms with Crippen LogP contribution in [0.5, 0.6) is 5.75 Å². The predicted molar refractivity (Wildman–Crippen MR) is 102 cm³/mol. The van der Waals surface area contributed by atoms with Crippen LogP contribution in [0.4, 0.5) is 0 Å². The molecule has 2 aromatic carbocycles. The van der Waals surface area contributed by atoms with Crippen molar-refractivity contribution in [3.63, 3.8) is 0 Å². The summed E-state index contributed by atoms with van der Waals surface area (Å²) in [7, 11) is 0. The summed E-state index contributed by atoms with van der Waals surface area (Å²) in [5.41, 5.74) is 3.31. The van der Waals surface area contributed by atoms with E-state index in [1.807, 2.05) is 32.0 Å². The molecule has 0 aliphatic heterocycles. The van der Waals surface area contributed by atoms with Gasteiger partial charge in [0.2, 0.25) is 0 Å². The number of nitrogens with one attached hydrogen (secondary N) is 1. The third kappa shape index (κ3) is 4.51. The summed E-state index contributed by atoms with van der Waals surface area (Å²) in [6.07, 6.45) is 4.50. The Kier molecular flexibility index (Phi) is 5.71. The number of amides is 1. The summed E-state index contributed by atoms with van der Waals surface area (Å²) in [4.78, 5) is 24.6. The predicted octanol–water partition coefficient (Wildman–Crippen LogP) is 4.24. The number of hydrogen-bond donors (Lipinski definition) is 1. The summed E-state index contributed by atoms with van der Waals surface area (Å²) < 4.78 is 5.60. The van der Waals surface area contributed by atoms with Gasteiger partial charge in [-0.25, -0.2) is 0 Å². The molecule has 0 bridgehead atoms. The maximum Gasteiger partial charge on any atom is 0.251 e. The third-order valence-electron chi connectivity index (χ3n) is 4.87. The van der Waals surface area contributed by atoms with E-state index in [1.165, 1.54) is 12.8 Å². The summed E-state index contributed by atoms with van der Waals surface area (Å²) in [5.74, 6) is 0.491. The van der Waals surface area contributed by atoms with Crippen LogP contribution >= 0.6 is 0 Å². The molecule has 1 aliphatic carbocycles. The zero-order valence-electron chi connectivity index (χ0n) is 15.4. The standard InChI is InChI=1S/C22H25NO3/c1-15-7-8-16(2)20(13-15)21(24)14-26-19-11-9-17(10-12-19)22(25)23-18-5-3-4-6-18/h7-13,18H,3-6,14H2,1-2H3,(H,23,25). The maximum absolute atomic E-state index is 12.4. The van der Waals surface area contributed by atoms with Crippen molar-refractivity contribution < 1.29 is 14.3 Å². The van der Waals surface area contributed by atoms with Crippen LogP contribution in [0.25, 0.3) is 0 Å². The molecule has 1 amide bonds. The molecule has 0 aromatic heterocycles. The molecule has 0 atom stereocenters. The number of rotatable bonds is 6. The summed E-state index contributed by atoms with van der Waals surface area (Å²) in [5, 5.41) is 3.06. The first-order chi connectivity index (χ1) is 12.5. The molecule has 2 aromatic rings. The molecule has 0 radical (unpaired) electrons. The lowest BCUT2D eigenvalue weighted by Crippen LogP contribution is -2.32. The van der Waals surface area contributed by atoms with Gasteiger partial charge in [-0.3, -0.25) is 9.59 Å². The van der Waals surface area contributed by atoms with E-state index in [1.54, 1.807) is 24.3 Å². The van der Waals surface area contributed by atoms with Crippen molar-refractivity contribution in [1.29, 1.82) is 0 Å². The topological polar surface area (TPSA) is 55.4 Å². The van der Waals surface area contributed by atoms with Crippen LogP contribution in [0.3, 0.4) is 0 Å². The Labute approximate surface area is 154 Å². The van der Waals surface area contributed by atoms with Crippen molar-refractivity contribution >= 4 is 11.7 Å². The Morgan fingerprint density at radius 2 is 1.73 bits per heavy atom. The molecule has 3 rings (SSSR count). The lowest BCUT2D eigenvalue weighted by Gasteiger charge is -2.12. The highest BCUT2D eigenvalue weighted by atomic mass is 16.5. The van der Waals surface area contributed by atoms with E-state index >= 15 is 0 Å². The van der Waals surface area contributed by atoms with Gasteiger partial charge < -0.3 is 10.1 Å². The van der Waals surface area contributed by atoms with Gasteiger partial charge in [0.25, 0.3) is 5.91 Å². The SMILES string of the molecule is Cc1ccc(C)c(C(=O)COc2ccc(C(=O)NC3CCCC3)cc2)c1. The number of ether oxygens (including phenoxy) is 1. The molecule has 4 heteroatoms. The molecule has 4 nitrogen and oxygen atoms in total. The van der Waals surface area contributed by atoms with Gasteiger partial charge in [-0.2, -0.15) is 0 Å². The Balaban J connectivity index is 1.56. The van der Waals surface area contributed by atoms with Gasteiger partial charge in [-0.15, -0.1) is 0 Å². The summed E-state index contributed by atoms with van der Waals surface area (Å²) in [6.45, 7) is 3.87. The smallest absolute Gasteiger partial charge is 0.251 e. The second kappa shape index (κ2) is 8.17. The molecular formula is C22H25NO3. The minimum Gasteiger partial charge on any atom is -0.485 e. The van der Waals surface area contributed by atoms with Gasteiger partial charge in [0, 0.05) is 17.2 Å². The zero-order valence-corrected chi connectivity index (χ0v) is 15.4. The van der Waals surface area contributed by atoms with Crippen molar-refractivity contribution in [2.45, 2.75) is 45.6 Å². The first-order valence-electron chi connectivity index (χ1n) is 9.17. The first-order valence-corrected chi connectivity index (χ1v) is 9.17. The number of ketones is 1. The van der Waals surface area contributed by atoms with Crippen molar-refractivity contribution in [3.8, 4) is 5.75 Å². The molecule has 0 spiro atoms. The highest BCUT2D eigenvalue weighted by Crippen LogP contribution is 2.19. The van der Waals surface area contributed by atoms with Gasteiger partial charge in [-0.1, -0.05) is 30.5 Å². The van der Waals surface area contributed by atoms with Gasteiger partial charge in [0.05, 0.1) is 0 Å². The van der Waals surface area contributed by atoms with Crippen molar-refractivity contribution in [2.24, 2.45) is 0 Å². The number of carbonyl (C=O) groups excluding carboxylic acids is 2. The van der Waals surface area contributed by atoms with E-state index < -0.39 is 0 Å². The van der Waals surface area contributed by atoms with Crippen LogP contribution in [0.2, 0.25) is 0 Å². The fraction of sp³-hybridized carbons (Fsp3) is 0.364. The van der Waals surface area contributed by atoms with Crippen LogP contribution < -0.4 is 10.1 Å². The molecule has 0 heterocycles. The Morgan fingerprint density at radius 3 is 2.42 bits per heavy atom. The molecule has 1 aliphatic rings. The maximum atomic E-state index is 12.4. The van der Waals surface area contributed by atoms with Crippen LogP contribution in [0.1, 0.15) is 57.5 Å². The molecule has 1 fully saturated rings. The third-order valence-corrected chi connectivity index (χ3v) is 4.87. The van der Waals surface area contributed by atoms with Crippen molar-refractivity contribution in [1.82, 2.24) is 5.32 Å². The minimum absolute atomic E-state index is 0.0160. The molecule has 0 saturated heterocycles. The zero-order chi connectivity index (χ0) is 18.5. The van der Waals surface area contributed by atoms with Gasteiger partial charge in [0.15, 0.2) is 12.4 Å². The summed E-state index contributed by atoms with van der Waals surface area (Å²) in [6, 6.07) is 13.1. The quantitative estimate of drug-likeness (QED) is 0.792.